The minimum Gasteiger partial charge on any atom is -0.317 e. The highest BCUT2D eigenvalue weighted by Gasteiger charge is 2.22. The van der Waals surface area contributed by atoms with Gasteiger partial charge in [0.05, 0.1) is 0 Å². The molecule has 1 nitrogen and oxygen atoms in total. The number of hydrogen-bond acceptors (Lipinski definition) is 2. The third kappa shape index (κ3) is 2.75. The first kappa shape index (κ1) is 12.6. The lowest BCUT2D eigenvalue weighted by Gasteiger charge is -2.28. The molecule has 98 valence electrons. The van der Waals surface area contributed by atoms with Crippen molar-refractivity contribution in [3.8, 4) is 0 Å². The van der Waals surface area contributed by atoms with Crippen molar-refractivity contribution in [2.45, 2.75) is 61.1 Å². The summed E-state index contributed by atoms with van der Waals surface area (Å²) in [5.74, 6) is 0. The zero-order valence-corrected chi connectivity index (χ0v) is 12.1. The van der Waals surface area contributed by atoms with Gasteiger partial charge in [-0.05, 0) is 68.8 Å². The van der Waals surface area contributed by atoms with Crippen molar-refractivity contribution in [2.75, 3.05) is 7.05 Å². The zero-order chi connectivity index (χ0) is 12.4. The normalized spacial score (nSPS) is 27.2. The molecular formula is C16H23NS. The summed E-state index contributed by atoms with van der Waals surface area (Å²) in [5, 5.41) is 4.26. The van der Waals surface area contributed by atoms with Crippen LogP contribution in [-0.2, 0) is 12.8 Å². The van der Waals surface area contributed by atoms with Crippen LogP contribution in [0.15, 0.2) is 23.1 Å². The summed E-state index contributed by atoms with van der Waals surface area (Å²) in [6.45, 7) is 0. The fourth-order valence-corrected chi connectivity index (χ4v) is 4.68. The van der Waals surface area contributed by atoms with Gasteiger partial charge in [-0.2, -0.15) is 0 Å². The van der Waals surface area contributed by atoms with E-state index in [-0.39, 0.29) is 0 Å². The van der Waals surface area contributed by atoms with Crippen molar-refractivity contribution in [1.82, 2.24) is 5.32 Å². The van der Waals surface area contributed by atoms with E-state index in [0.717, 1.165) is 11.3 Å². The smallest absolute Gasteiger partial charge is 0.0109 e. The Bertz CT molecular complexity index is 416. The lowest BCUT2D eigenvalue weighted by Crippen LogP contribution is -2.32. The molecule has 2 atom stereocenters. The van der Waals surface area contributed by atoms with E-state index in [1.165, 1.54) is 49.8 Å². The average Bonchev–Trinajstić information content (AvgIpc) is 2.86. The minimum absolute atomic E-state index is 0.741. The summed E-state index contributed by atoms with van der Waals surface area (Å²) in [5.41, 5.74) is 3.21. The van der Waals surface area contributed by atoms with Gasteiger partial charge in [0.1, 0.15) is 0 Å². The average molecular weight is 261 g/mol. The molecule has 0 aromatic heterocycles. The summed E-state index contributed by atoms with van der Waals surface area (Å²) >= 11 is 2.11. The largest absolute Gasteiger partial charge is 0.317 e. The molecule has 1 aromatic carbocycles. The highest BCUT2D eigenvalue weighted by atomic mass is 32.2. The third-order valence-corrected chi connectivity index (χ3v) is 5.69. The second-order valence-corrected chi connectivity index (χ2v) is 7.05. The summed E-state index contributed by atoms with van der Waals surface area (Å²) in [6.07, 6.45) is 9.41. The van der Waals surface area contributed by atoms with E-state index < -0.39 is 0 Å². The predicted octanol–water partition coefficient (Wildman–Crippen LogP) is 3.80. The summed E-state index contributed by atoms with van der Waals surface area (Å²) in [7, 11) is 2.10. The summed E-state index contributed by atoms with van der Waals surface area (Å²) < 4.78 is 0. The molecule has 1 aromatic rings. The Labute approximate surface area is 115 Å². The molecule has 0 heterocycles. The van der Waals surface area contributed by atoms with Gasteiger partial charge in [-0.1, -0.05) is 12.5 Å². The van der Waals surface area contributed by atoms with Crippen molar-refractivity contribution in [3.63, 3.8) is 0 Å². The van der Waals surface area contributed by atoms with Crippen LogP contribution in [0.5, 0.6) is 0 Å². The van der Waals surface area contributed by atoms with Crippen LogP contribution in [0.2, 0.25) is 0 Å². The Hall–Kier alpha value is -0.470. The highest BCUT2D eigenvalue weighted by Crippen LogP contribution is 2.35. The molecule has 0 saturated heterocycles. The van der Waals surface area contributed by atoms with E-state index in [1.807, 2.05) is 0 Å². The number of nitrogens with one attached hydrogen (secondary N) is 1. The first-order chi connectivity index (χ1) is 8.85. The number of thioether (sulfide) groups is 1. The van der Waals surface area contributed by atoms with Gasteiger partial charge in [0, 0.05) is 16.2 Å². The van der Waals surface area contributed by atoms with E-state index >= 15 is 0 Å². The molecule has 2 aliphatic carbocycles. The van der Waals surface area contributed by atoms with E-state index in [2.05, 4.69) is 42.3 Å². The molecule has 1 fully saturated rings. The fourth-order valence-electron chi connectivity index (χ4n) is 3.33. The van der Waals surface area contributed by atoms with Gasteiger partial charge in [-0.15, -0.1) is 11.8 Å². The van der Waals surface area contributed by atoms with Crippen molar-refractivity contribution >= 4 is 11.8 Å². The standard InChI is InChI=1S/C16H23NS/c1-17-14-6-3-7-15(11-14)18-16-9-8-12-4-2-5-13(12)10-16/h8-10,14-15,17H,2-7,11H2,1H3. The maximum absolute atomic E-state index is 3.45. The fraction of sp³-hybridized carbons (Fsp3) is 0.625. The first-order valence-corrected chi connectivity index (χ1v) is 8.19. The van der Waals surface area contributed by atoms with Crippen LogP contribution >= 0.6 is 11.8 Å². The van der Waals surface area contributed by atoms with Crippen LogP contribution in [0.4, 0.5) is 0 Å². The summed E-state index contributed by atoms with van der Waals surface area (Å²) in [4.78, 5) is 1.50. The Morgan fingerprint density at radius 2 is 2.00 bits per heavy atom. The first-order valence-electron chi connectivity index (χ1n) is 7.31. The third-order valence-electron chi connectivity index (χ3n) is 4.41. The van der Waals surface area contributed by atoms with Gasteiger partial charge in [0.2, 0.25) is 0 Å². The molecule has 2 unspecified atom stereocenters. The van der Waals surface area contributed by atoms with E-state index in [0.29, 0.717) is 0 Å². The van der Waals surface area contributed by atoms with Gasteiger partial charge in [-0.25, -0.2) is 0 Å². The van der Waals surface area contributed by atoms with Gasteiger partial charge in [-0.3, -0.25) is 0 Å². The van der Waals surface area contributed by atoms with Crippen LogP contribution < -0.4 is 5.32 Å². The van der Waals surface area contributed by atoms with Crippen molar-refractivity contribution in [1.29, 1.82) is 0 Å². The van der Waals surface area contributed by atoms with E-state index in [1.54, 1.807) is 11.1 Å². The molecule has 0 amide bonds. The molecule has 1 N–H and O–H groups in total. The number of benzene rings is 1. The highest BCUT2D eigenvalue weighted by molar-refractivity contribution is 8.00. The number of rotatable bonds is 3. The van der Waals surface area contributed by atoms with Crippen LogP contribution in [0.1, 0.15) is 43.2 Å². The van der Waals surface area contributed by atoms with Crippen LogP contribution in [0, 0.1) is 0 Å². The topological polar surface area (TPSA) is 12.0 Å². The maximum Gasteiger partial charge on any atom is 0.0109 e. The Balaban J connectivity index is 1.65. The van der Waals surface area contributed by atoms with Gasteiger partial charge in [0.25, 0.3) is 0 Å². The molecule has 0 bridgehead atoms. The number of hydrogen-bond donors (Lipinski definition) is 1. The van der Waals surface area contributed by atoms with Crippen LogP contribution in [0.25, 0.3) is 0 Å². The molecule has 2 aliphatic rings. The van der Waals surface area contributed by atoms with Crippen LogP contribution in [-0.4, -0.2) is 18.3 Å². The molecule has 0 radical (unpaired) electrons. The van der Waals surface area contributed by atoms with Crippen molar-refractivity contribution in [2.24, 2.45) is 0 Å². The molecule has 2 heteroatoms. The number of aryl methyl sites for hydroxylation is 2. The molecule has 3 rings (SSSR count). The molecule has 0 spiro atoms. The van der Waals surface area contributed by atoms with Gasteiger partial charge < -0.3 is 5.32 Å². The van der Waals surface area contributed by atoms with Crippen molar-refractivity contribution < 1.29 is 0 Å². The minimum atomic E-state index is 0.741. The van der Waals surface area contributed by atoms with E-state index in [4.69, 9.17) is 0 Å². The Morgan fingerprint density at radius 3 is 2.89 bits per heavy atom. The Kier molecular flexibility index (Phi) is 3.95. The lowest BCUT2D eigenvalue weighted by atomic mass is 9.95. The monoisotopic (exact) mass is 261 g/mol. The Morgan fingerprint density at radius 1 is 1.11 bits per heavy atom. The molecule has 0 aliphatic heterocycles. The second kappa shape index (κ2) is 5.66. The molecule has 18 heavy (non-hydrogen) atoms. The van der Waals surface area contributed by atoms with Crippen molar-refractivity contribution in [3.05, 3.63) is 29.3 Å². The van der Waals surface area contributed by atoms with Crippen LogP contribution in [0.3, 0.4) is 0 Å². The molecular weight excluding hydrogens is 238 g/mol. The number of fused-ring (bicyclic) bond motifs is 1. The summed E-state index contributed by atoms with van der Waals surface area (Å²) in [6, 6.07) is 7.90. The van der Waals surface area contributed by atoms with E-state index in [9.17, 15) is 0 Å². The lowest BCUT2D eigenvalue weighted by molar-refractivity contribution is 0.402. The second-order valence-electron chi connectivity index (χ2n) is 5.68. The predicted molar refractivity (Wildman–Crippen MR) is 79.4 cm³/mol. The zero-order valence-electron chi connectivity index (χ0n) is 11.2. The quantitative estimate of drug-likeness (QED) is 0.888. The maximum atomic E-state index is 3.45. The van der Waals surface area contributed by atoms with Gasteiger partial charge in [0.15, 0.2) is 0 Å². The molecule has 1 saturated carbocycles. The SMILES string of the molecule is CNC1CCCC(Sc2ccc3c(c2)CCC3)C1. The van der Waals surface area contributed by atoms with Gasteiger partial charge >= 0.3 is 0 Å².